The van der Waals surface area contributed by atoms with Crippen LogP contribution in [0.25, 0.3) is 0 Å². The van der Waals surface area contributed by atoms with Gasteiger partial charge >= 0.3 is 7.12 Å². The Morgan fingerprint density at radius 2 is 1.67 bits per heavy atom. The van der Waals surface area contributed by atoms with Crippen LogP contribution in [0, 0.1) is 6.92 Å². The monoisotopic (exact) mass is 294 g/mol. The van der Waals surface area contributed by atoms with Crippen molar-refractivity contribution in [3.05, 3.63) is 23.8 Å². The minimum Gasteiger partial charge on any atom is -0.491 e. The second-order valence-corrected chi connectivity index (χ2v) is 6.79. The van der Waals surface area contributed by atoms with Gasteiger partial charge < -0.3 is 19.5 Å². The molecule has 2 N–H and O–H groups in total. The third kappa shape index (κ3) is 5.02. The Balaban J connectivity index is 2.97. The molecule has 0 aliphatic rings. The Kier molecular flexibility index (Phi) is 5.48. The van der Waals surface area contributed by atoms with Crippen molar-refractivity contribution in [2.75, 3.05) is 0 Å². The predicted molar refractivity (Wildman–Crippen MR) is 86.0 cm³/mol. The van der Waals surface area contributed by atoms with Gasteiger partial charge in [-0.05, 0) is 71.6 Å². The van der Waals surface area contributed by atoms with E-state index in [2.05, 4.69) is 0 Å². The van der Waals surface area contributed by atoms with Gasteiger partial charge in [0.05, 0.1) is 17.3 Å². The Morgan fingerprint density at radius 3 is 2.14 bits per heavy atom. The molecule has 0 unspecified atom stereocenters. The Hall–Kier alpha value is -1.04. The van der Waals surface area contributed by atoms with Crippen LogP contribution in [-0.4, -0.2) is 34.6 Å². The fourth-order valence-electron chi connectivity index (χ4n) is 1.75. The zero-order valence-electron chi connectivity index (χ0n) is 14.1. The summed E-state index contributed by atoms with van der Waals surface area (Å²) in [6.07, 6.45) is 0.0607. The van der Waals surface area contributed by atoms with Crippen LogP contribution < -0.4 is 10.2 Å². The van der Waals surface area contributed by atoms with Gasteiger partial charge in [0, 0.05) is 0 Å². The molecule has 0 aliphatic carbocycles. The maximum Gasteiger partial charge on any atom is 0.491 e. The molecule has 0 atom stereocenters. The Morgan fingerprint density at radius 1 is 1.10 bits per heavy atom. The fraction of sp³-hybridized carbons (Fsp3) is 0.625. The minimum atomic E-state index is -1.12. The molecular formula is C16H27BO4. The van der Waals surface area contributed by atoms with E-state index in [4.69, 9.17) is 9.39 Å². The lowest BCUT2D eigenvalue weighted by atomic mass is 9.76. The van der Waals surface area contributed by atoms with Gasteiger partial charge in [-0.1, -0.05) is 6.07 Å². The van der Waals surface area contributed by atoms with Crippen molar-refractivity contribution in [1.82, 2.24) is 0 Å². The molecule has 0 amide bonds. The van der Waals surface area contributed by atoms with E-state index < -0.39 is 18.3 Å². The molecule has 1 rings (SSSR count). The van der Waals surface area contributed by atoms with Crippen molar-refractivity contribution in [3.63, 3.8) is 0 Å². The molecule has 0 spiro atoms. The summed E-state index contributed by atoms with van der Waals surface area (Å²) in [4.78, 5) is 0. The van der Waals surface area contributed by atoms with Crippen LogP contribution >= 0.6 is 0 Å². The highest BCUT2D eigenvalue weighted by molar-refractivity contribution is 6.60. The fourth-order valence-corrected chi connectivity index (χ4v) is 1.75. The van der Waals surface area contributed by atoms with Crippen molar-refractivity contribution in [3.8, 4) is 5.75 Å². The SMILES string of the molecule is Cc1cc(OC(C)C)cc(B(O)OC(C)(C)C(C)(C)O)c1. The van der Waals surface area contributed by atoms with Gasteiger partial charge in [-0.2, -0.15) is 0 Å². The van der Waals surface area contributed by atoms with E-state index in [1.165, 1.54) is 0 Å². The van der Waals surface area contributed by atoms with E-state index in [1.54, 1.807) is 33.8 Å². The first kappa shape index (κ1) is 18.0. The number of benzene rings is 1. The van der Waals surface area contributed by atoms with Gasteiger partial charge in [-0.15, -0.1) is 0 Å². The van der Waals surface area contributed by atoms with Crippen LogP contribution in [0.5, 0.6) is 5.75 Å². The van der Waals surface area contributed by atoms with Crippen LogP contribution in [0.15, 0.2) is 18.2 Å². The second kappa shape index (κ2) is 6.38. The predicted octanol–water partition coefficient (Wildman–Crippen LogP) is 2.04. The summed E-state index contributed by atoms with van der Waals surface area (Å²) < 4.78 is 11.3. The van der Waals surface area contributed by atoms with Gasteiger partial charge in [0.2, 0.25) is 0 Å². The van der Waals surface area contributed by atoms with Gasteiger partial charge in [0.25, 0.3) is 0 Å². The van der Waals surface area contributed by atoms with E-state index in [9.17, 15) is 10.1 Å². The molecule has 0 heterocycles. The van der Waals surface area contributed by atoms with Crippen LogP contribution in [0.1, 0.15) is 47.1 Å². The number of aliphatic hydroxyl groups is 1. The third-order valence-corrected chi connectivity index (χ3v) is 3.61. The van der Waals surface area contributed by atoms with E-state index in [-0.39, 0.29) is 6.10 Å². The van der Waals surface area contributed by atoms with E-state index in [0.717, 1.165) is 5.56 Å². The second-order valence-electron chi connectivity index (χ2n) is 6.79. The van der Waals surface area contributed by atoms with Crippen LogP contribution in [0.3, 0.4) is 0 Å². The van der Waals surface area contributed by atoms with E-state index >= 15 is 0 Å². The highest BCUT2D eigenvalue weighted by Gasteiger charge is 2.39. The summed E-state index contributed by atoms with van der Waals surface area (Å²) >= 11 is 0. The molecule has 0 aromatic heterocycles. The van der Waals surface area contributed by atoms with Crippen molar-refractivity contribution in [2.45, 2.75) is 65.8 Å². The molecule has 0 bridgehead atoms. The standard InChI is InChI=1S/C16H27BO4/c1-11(2)20-14-9-12(3)8-13(10-14)17(19)21-16(6,7)15(4,5)18/h8-11,18-19H,1-7H3. The summed E-state index contributed by atoms with van der Waals surface area (Å²) in [7, 11) is -1.12. The zero-order valence-corrected chi connectivity index (χ0v) is 14.1. The van der Waals surface area contributed by atoms with Crippen LogP contribution in [-0.2, 0) is 4.65 Å². The lowest BCUT2D eigenvalue weighted by molar-refractivity contribution is -0.0982. The summed E-state index contributed by atoms with van der Waals surface area (Å²) in [5.74, 6) is 0.698. The van der Waals surface area contributed by atoms with Crippen molar-refractivity contribution < 1.29 is 19.5 Å². The number of ether oxygens (including phenoxy) is 1. The molecule has 0 aliphatic heterocycles. The van der Waals surface area contributed by atoms with Gasteiger partial charge in [0.1, 0.15) is 5.75 Å². The highest BCUT2D eigenvalue weighted by Crippen LogP contribution is 2.25. The number of hydrogen-bond acceptors (Lipinski definition) is 4. The van der Waals surface area contributed by atoms with E-state index in [0.29, 0.717) is 11.2 Å². The molecule has 0 radical (unpaired) electrons. The first-order valence-electron chi connectivity index (χ1n) is 7.29. The molecular weight excluding hydrogens is 267 g/mol. The number of aryl methyl sites for hydroxylation is 1. The molecule has 5 heteroatoms. The maximum absolute atomic E-state index is 10.3. The third-order valence-electron chi connectivity index (χ3n) is 3.61. The normalized spacial score (nSPS) is 12.7. The van der Waals surface area contributed by atoms with Crippen molar-refractivity contribution in [2.24, 2.45) is 0 Å². The molecule has 1 aromatic rings. The average molecular weight is 294 g/mol. The van der Waals surface area contributed by atoms with Gasteiger partial charge in [-0.3, -0.25) is 0 Å². The minimum absolute atomic E-state index is 0.0607. The Bertz CT molecular complexity index is 478. The van der Waals surface area contributed by atoms with Crippen LogP contribution in [0.4, 0.5) is 0 Å². The Labute approximate surface area is 128 Å². The lowest BCUT2D eigenvalue weighted by Crippen LogP contribution is -2.53. The molecule has 0 fully saturated rings. The number of hydrogen-bond donors (Lipinski definition) is 2. The first-order chi connectivity index (χ1) is 9.42. The average Bonchev–Trinajstić information content (AvgIpc) is 2.24. The zero-order chi connectivity index (χ0) is 16.4. The van der Waals surface area contributed by atoms with Crippen molar-refractivity contribution in [1.29, 1.82) is 0 Å². The summed E-state index contributed by atoms with van der Waals surface area (Å²) in [5.41, 5.74) is -0.376. The van der Waals surface area contributed by atoms with E-state index in [1.807, 2.05) is 32.9 Å². The molecule has 118 valence electrons. The molecule has 0 saturated heterocycles. The smallest absolute Gasteiger partial charge is 0.491 e. The molecule has 4 nitrogen and oxygen atoms in total. The maximum atomic E-state index is 10.3. The summed E-state index contributed by atoms with van der Waals surface area (Å²) in [6, 6.07) is 5.52. The van der Waals surface area contributed by atoms with Crippen molar-refractivity contribution >= 4 is 12.6 Å². The first-order valence-corrected chi connectivity index (χ1v) is 7.29. The molecule has 21 heavy (non-hydrogen) atoms. The van der Waals surface area contributed by atoms with Gasteiger partial charge in [-0.25, -0.2) is 0 Å². The molecule has 0 saturated carbocycles. The topological polar surface area (TPSA) is 58.9 Å². The van der Waals surface area contributed by atoms with Crippen LogP contribution in [0.2, 0.25) is 0 Å². The quantitative estimate of drug-likeness (QED) is 0.788. The lowest BCUT2D eigenvalue weighted by Gasteiger charge is -2.38. The number of rotatable bonds is 6. The highest BCUT2D eigenvalue weighted by atomic mass is 16.5. The molecule has 1 aromatic carbocycles. The summed E-state index contributed by atoms with van der Waals surface area (Å²) in [6.45, 7) is 12.6. The largest absolute Gasteiger partial charge is 0.491 e. The summed E-state index contributed by atoms with van der Waals surface area (Å²) in [5, 5.41) is 20.4. The van der Waals surface area contributed by atoms with Gasteiger partial charge in [0.15, 0.2) is 0 Å².